The van der Waals surface area contributed by atoms with Gasteiger partial charge in [0.2, 0.25) is 11.8 Å². The molecule has 0 bridgehead atoms. The Bertz CT molecular complexity index is 996. The number of aliphatic hydroxyl groups excluding tert-OH is 1. The van der Waals surface area contributed by atoms with Crippen molar-refractivity contribution in [1.29, 1.82) is 0 Å². The van der Waals surface area contributed by atoms with E-state index < -0.39 is 18.2 Å². The number of carbonyl (C=O) groups excluding carboxylic acids is 3. The zero-order chi connectivity index (χ0) is 22.7. The van der Waals surface area contributed by atoms with Crippen LogP contribution in [0.4, 0.5) is 21.9 Å². The van der Waals surface area contributed by atoms with E-state index in [1.807, 2.05) is 0 Å². The Balaban J connectivity index is 1.40. The molecule has 2 aliphatic rings. The van der Waals surface area contributed by atoms with Crippen LogP contribution < -0.4 is 15.5 Å². The summed E-state index contributed by atoms with van der Waals surface area (Å²) in [6, 6.07) is 12.4. The van der Waals surface area contributed by atoms with Gasteiger partial charge in [-0.25, -0.2) is 4.79 Å². The summed E-state index contributed by atoms with van der Waals surface area (Å²) in [6.45, 7) is 0.760. The summed E-state index contributed by atoms with van der Waals surface area (Å²) in [5.74, 6) is -0.273. The van der Waals surface area contributed by atoms with Crippen LogP contribution in [0.5, 0.6) is 0 Å². The van der Waals surface area contributed by atoms with Crippen molar-refractivity contribution < 1.29 is 19.5 Å². The maximum Gasteiger partial charge on any atom is 0.322 e. The number of benzene rings is 2. The van der Waals surface area contributed by atoms with Gasteiger partial charge < -0.3 is 25.5 Å². The molecule has 3 N–H and O–H groups in total. The fourth-order valence-electron chi connectivity index (χ4n) is 4.04. The largest absolute Gasteiger partial charge is 0.391 e. The van der Waals surface area contributed by atoms with Gasteiger partial charge in [-0.1, -0.05) is 11.6 Å². The van der Waals surface area contributed by atoms with Crippen LogP contribution in [-0.2, 0) is 9.59 Å². The number of hydrogen-bond acceptors (Lipinski definition) is 4. The highest BCUT2D eigenvalue weighted by Crippen LogP contribution is 2.25. The fourth-order valence-corrected chi connectivity index (χ4v) is 4.17. The van der Waals surface area contributed by atoms with Crippen molar-refractivity contribution >= 4 is 46.5 Å². The van der Waals surface area contributed by atoms with E-state index in [1.54, 1.807) is 53.4 Å². The van der Waals surface area contributed by atoms with Gasteiger partial charge in [0.25, 0.3) is 0 Å². The average Bonchev–Trinajstić information content (AvgIpc) is 3.18. The molecule has 2 saturated heterocycles. The molecular formula is C23H25ClN4O4. The number of urea groups is 1. The molecule has 2 aliphatic heterocycles. The van der Waals surface area contributed by atoms with Crippen LogP contribution in [-0.4, -0.2) is 53.1 Å². The van der Waals surface area contributed by atoms with Crippen molar-refractivity contribution in [2.45, 2.75) is 37.8 Å². The molecule has 2 heterocycles. The van der Waals surface area contributed by atoms with Gasteiger partial charge >= 0.3 is 6.03 Å². The summed E-state index contributed by atoms with van der Waals surface area (Å²) >= 11 is 5.87. The third kappa shape index (κ3) is 5.03. The average molecular weight is 457 g/mol. The summed E-state index contributed by atoms with van der Waals surface area (Å²) in [4.78, 5) is 40.8. The molecule has 4 rings (SSSR count). The first-order valence-electron chi connectivity index (χ1n) is 10.6. The number of halogens is 1. The highest BCUT2D eigenvalue weighted by molar-refractivity contribution is 6.30. The first-order valence-corrected chi connectivity index (χ1v) is 11.0. The number of anilines is 3. The van der Waals surface area contributed by atoms with E-state index in [2.05, 4.69) is 10.6 Å². The molecule has 9 heteroatoms. The summed E-state index contributed by atoms with van der Waals surface area (Å²) in [5, 5.41) is 16.2. The van der Waals surface area contributed by atoms with Crippen LogP contribution in [0.2, 0.25) is 5.02 Å². The molecule has 168 valence electrons. The molecule has 0 radical (unpaired) electrons. The maximum absolute atomic E-state index is 12.9. The van der Waals surface area contributed by atoms with E-state index in [1.165, 1.54) is 4.90 Å². The topological polar surface area (TPSA) is 102 Å². The molecular weight excluding hydrogens is 432 g/mol. The number of nitrogens with one attached hydrogen (secondary N) is 2. The second-order valence-electron chi connectivity index (χ2n) is 8.03. The summed E-state index contributed by atoms with van der Waals surface area (Å²) < 4.78 is 0. The Morgan fingerprint density at radius 3 is 2.31 bits per heavy atom. The Kier molecular flexibility index (Phi) is 6.62. The predicted molar refractivity (Wildman–Crippen MR) is 123 cm³/mol. The smallest absolute Gasteiger partial charge is 0.322 e. The van der Waals surface area contributed by atoms with E-state index in [4.69, 9.17) is 11.6 Å². The second kappa shape index (κ2) is 9.58. The minimum atomic E-state index is -0.805. The van der Waals surface area contributed by atoms with Crippen LogP contribution in [0.1, 0.15) is 25.7 Å². The number of piperidine rings is 1. The van der Waals surface area contributed by atoms with Gasteiger partial charge in [0.15, 0.2) is 0 Å². The lowest BCUT2D eigenvalue weighted by atomic mass is 10.1. The third-order valence-corrected chi connectivity index (χ3v) is 5.96. The van der Waals surface area contributed by atoms with Crippen LogP contribution >= 0.6 is 11.6 Å². The van der Waals surface area contributed by atoms with Gasteiger partial charge in [-0.3, -0.25) is 9.59 Å². The van der Waals surface area contributed by atoms with E-state index >= 15 is 0 Å². The van der Waals surface area contributed by atoms with Gasteiger partial charge in [-0.2, -0.15) is 0 Å². The molecule has 8 nitrogen and oxygen atoms in total. The maximum atomic E-state index is 12.9. The molecule has 32 heavy (non-hydrogen) atoms. The highest BCUT2D eigenvalue weighted by Gasteiger charge is 2.39. The van der Waals surface area contributed by atoms with Crippen molar-refractivity contribution in [3.8, 4) is 0 Å². The van der Waals surface area contributed by atoms with Crippen molar-refractivity contribution in [2.75, 3.05) is 28.6 Å². The second-order valence-corrected chi connectivity index (χ2v) is 8.47. The molecule has 2 fully saturated rings. The summed E-state index contributed by atoms with van der Waals surface area (Å²) in [5.41, 5.74) is 1.90. The van der Waals surface area contributed by atoms with Crippen molar-refractivity contribution in [2.24, 2.45) is 0 Å². The van der Waals surface area contributed by atoms with Crippen LogP contribution in [0.15, 0.2) is 48.5 Å². The fraction of sp³-hybridized carbons (Fsp3) is 0.348. The van der Waals surface area contributed by atoms with E-state index in [9.17, 15) is 19.5 Å². The number of nitrogens with zero attached hydrogens (tertiary/aromatic N) is 2. The Labute approximate surface area is 191 Å². The van der Waals surface area contributed by atoms with Crippen LogP contribution in [0.25, 0.3) is 0 Å². The number of aliphatic hydroxyl groups is 1. The standard InChI is InChI=1S/C23H25ClN4O4/c24-15-4-6-17(7-5-15)26-23(32)28-14-19(29)13-20(28)22(31)25-16-8-10-18(11-9-16)27-12-2-1-3-21(27)30/h4-11,19-20,29H,1-3,12-14H2,(H,25,31)(H,26,32). The van der Waals surface area contributed by atoms with Gasteiger partial charge in [-0.15, -0.1) is 0 Å². The summed E-state index contributed by atoms with van der Waals surface area (Å²) in [7, 11) is 0. The highest BCUT2D eigenvalue weighted by atomic mass is 35.5. The quantitative estimate of drug-likeness (QED) is 0.655. The van der Waals surface area contributed by atoms with E-state index in [-0.39, 0.29) is 24.8 Å². The molecule has 2 aromatic rings. The zero-order valence-electron chi connectivity index (χ0n) is 17.5. The molecule has 4 amide bonds. The minimum Gasteiger partial charge on any atom is -0.391 e. The predicted octanol–water partition coefficient (Wildman–Crippen LogP) is 3.46. The monoisotopic (exact) mass is 456 g/mol. The zero-order valence-corrected chi connectivity index (χ0v) is 18.2. The minimum absolute atomic E-state index is 0.0630. The number of β-amino-alcohol motifs (C(OH)–C–C–N with tert-alkyl or cyclic N) is 1. The lowest BCUT2D eigenvalue weighted by Gasteiger charge is -2.27. The lowest BCUT2D eigenvalue weighted by molar-refractivity contribution is -0.120. The first-order chi connectivity index (χ1) is 15.4. The number of carbonyl (C=O) groups is 3. The number of likely N-dealkylation sites (tertiary alicyclic amines) is 1. The van der Waals surface area contributed by atoms with Gasteiger partial charge in [0.05, 0.1) is 6.10 Å². The third-order valence-electron chi connectivity index (χ3n) is 5.71. The van der Waals surface area contributed by atoms with Gasteiger partial charge in [-0.05, 0) is 61.4 Å². The lowest BCUT2D eigenvalue weighted by Crippen LogP contribution is -2.45. The Morgan fingerprint density at radius 1 is 0.969 bits per heavy atom. The molecule has 0 aromatic heterocycles. The first kappa shape index (κ1) is 22.1. The van der Waals surface area contributed by atoms with Crippen molar-refractivity contribution in [1.82, 2.24) is 4.90 Å². The van der Waals surface area contributed by atoms with E-state index in [0.29, 0.717) is 29.4 Å². The van der Waals surface area contributed by atoms with Gasteiger partial charge in [0, 0.05) is 48.0 Å². The molecule has 0 aliphatic carbocycles. The molecule has 0 spiro atoms. The number of rotatable bonds is 4. The van der Waals surface area contributed by atoms with Crippen molar-refractivity contribution in [3.05, 3.63) is 53.6 Å². The Hall–Kier alpha value is -3.10. The van der Waals surface area contributed by atoms with E-state index in [0.717, 1.165) is 18.5 Å². The molecule has 2 unspecified atom stereocenters. The number of amides is 4. The molecule has 2 atom stereocenters. The van der Waals surface area contributed by atoms with Crippen molar-refractivity contribution in [3.63, 3.8) is 0 Å². The number of hydrogen-bond donors (Lipinski definition) is 3. The Morgan fingerprint density at radius 2 is 1.62 bits per heavy atom. The van der Waals surface area contributed by atoms with Gasteiger partial charge in [0.1, 0.15) is 6.04 Å². The molecule has 2 aromatic carbocycles. The van der Waals surface area contributed by atoms with Crippen LogP contribution in [0, 0.1) is 0 Å². The normalized spacial score (nSPS) is 20.9. The van der Waals surface area contributed by atoms with Crippen LogP contribution in [0.3, 0.4) is 0 Å². The molecule has 0 saturated carbocycles. The summed E-state index contributed by atoms with van der Waals surface area (Å²) in [6.07, 6.45) is 1.81. The SMILES string of the molecule is O=C(Nc1ccc(N2CCCCC2=O)cc1)C1CC(O)CN1C(=O)Nc1ccc(Cl)cc1.